The Balaban J connectivity index is 2.17. The Morgan fingerprint density at radius 3 is 2.67 bits per heavy atom. The first-order valence-corrected chi connectivity index (χ1v) is 8.05. The third-order valence-corrected chi connectivity index (χ3v) is 5.45. The molecule has 1 saturated heterocycles. The maximum Gasteiger partial charge on any atom is 0.155 e. The molecule has 0 radical (unpaired) electrons. The quantitative estimate of drug-likeness (QED) is 0.898. The molecule has 1 aromatic rings. The predicted octanol–water partition coefficient (Wildman–Crippen LogP) is 1.74. The zero-order chi connectivity index (χ0) is 13.3. The van der Waals surface area contributed by atoms with E-state index in [1.807, 2.05) is 13.8 Å². The van der Waals surface area contributed by atoms with Crippen molar-refractivity contribution in [3.63, 3.8) is 0 Å². The minimum atomic E-state index is -2.92. The summed E-state index contributed by atoms with van der Waals surface area (Å²) >= 11 is 5.88. The second-order valence-electron chi connectivity index (χ2n) is 4.69. The maximum atomic E-state index is 11.6. The summed E-state index contributed by atoms with van der Waals surface area (Å²) in [5.41, 5.74) is 1.78. The molecule has 7 heteroatoms. The molecule has 0 spiro atoms. The fraction of sp³-hybridized carbons (Fsp3) is 0.636. The van der Waals surface area contributed by atoms with E-state index < -0.39 is 9.84 Å². The molecule has 1 unspecified atom stereocenters. The number of hydrogen-bond acceptors (Lipinski definition) is 5. The molecule has 0 amide bonds. The Kier molecular flexibility index (Phi) is 3.77. The van der Waals surface area contributed by atoms with Gasteiger partial charge in [-0.25, -0.2) is 8.42 Å². The summed E-state index contributed by atoms with van der Waals surface area (Å²) in [5.74, 6) is 1.07. The van der Waals surface area contributed by atoms with Crippen molar-refractivity contribution >= 4 is 27.3 Å². The third kappa shape index (κ3) is 2.92. The van der Waals surface area contributed by atoms with Gasteiger partial charge in [0.05, 0.1) is 11.5 Å². The number of nitrogens with zero attached hydrogens (tertiary/aromatic N) is 2. The van der Waals surface area contributed by atoms with Gasteiger partial charge >= 0.3 is 0 Å². The zero-order valence-corrected chi connectivity index (χ0v) is 12.0. The Morgan fingerprint density at radius 1 is 1.28 bits per heavy atom. The van der Waals surface area contributed by atoms with E-state index in [-0.39, 0.29) is 17.5 Å². The van der Waals surface area contributed by atoms with E-state index in [1.54, 1.807) is 0 Å². The van der Waals surface area contributed by atoms with Gasteiger partial charge in [-0.3, -0.25) is 0 Å². The Bertz CT molecular complexity index is 560. The van der Waals surface area contributed by atoms with Crippen molar-refractivity contribution in [2.75, 3.05) is 16.8 Å². The van der Waals surface area contributed by atoms with Gasteiger partial charge in [0.2, 0.25) is 0 Å². The van der Waals surface area contributed by atoms with Crippen LogP contribution in [0.2, 0.25) is 5.15 Å². The second-order valence-corrected chi connectivity index (χ2v) is 7.27. The minimum absolute atomic E-state index is 0.0858. The zero-order valence-electron chi connectivity index (χ0n) is 10.4. The van der Waals surface area contributed by atoms with Crippen molar-refractivity contribution in [3.05, 3.63) is 16.3 Å². The predicted molar refractivity (Wildman–Crippen MR) is 71.8 cm³/mol. The molecule has 1 N–H and O–H groups in total. The molecule has 1 atom stereocenters. The van der Waals surface area contributed by atoms with E-state index in [0.29, 0.717) is 17.4 Å². The summed E-state index contributed by atoms with van der Waals surface area (Å²) in [7, 11) is -2.92. The summed E-state index contributed by atoms with van der Waals surface area (Å²) in [6.07, 6.45) is 1.53. The van der Waals surface area contributed by atoms with Gasteiger partial charge in [-0.1, -0.05) is 11.6 Å². The molecule has 1 aromatic heterocycles. The van der Waals surface area contributed by atoms with E-state index in [0.717, 1.165) is 17.5 Å². The number of sulfone groups is 1. The lowest BCUT2D eigenvalue weighted by Gasteiger charge is -2.24. The number of halogens is 1. The number of anilines is 1. The Labute approximate surface area is 112 Å². The molecule has 18 heavy (non-hydrogen) atoms. The largest absolute Gasteiger partial charge is 0.365 e. The Hall–Kier alpha value is -0.880. The van der Waals surface area contributed by atoms with Crippen molar-refractivity contribution in [2.24, 2.45) is 0 Å². The maximum absolute atomic E-state index is 11.6. The van der Waals surface area contributed by atoms with Crippen molar-refractivity contribution in [1.29, 1.82) is 0 Å². The smallest absolute Gasteiger partial charge is 0.155 e. The molecule has 0 bridgehead atoms. The van der Waals surface area contributed by atoms with Crippen molar-refractivity contribution < 1.29 is 8.42 Å². The highest BCUT2D eigenvalue weighted by atomic mass is 35.5. The van der Waals surface area contributed by atoms with Gasteiger partial charge in [0.15, 0.2) is 20.8 Å². The van der Waals surface area contributed by atoms with Crippen LogP contribution in [-0.4, -0.2) is 36.2 Å². The normalized spacial score (nSPS) is 22.7. The van der Waals surface area contributed by atoms with Crippen LogP contribution in [0.15, 0.2) is 0 Å². The van der Waals surface area contributed by atoms with Gasteiger partial charge in [-0.2, -0.15) is 0 Å². The van der Waals surface area contributed by atoms with E-state index in [1.165, 1.54) is 0 Å². The average Bonchev–Trinajstić information content (AvgIpc) is 2.29. The van der Waals surface area contributed by atoms with E-state index in [4.69, 9.17) is 11.6 Å². The van der Waals surface area contributed by atoms with Crippen LogP contribution in [0, 0.1) is 13.8 Å². The summed E-state index contributed by atoms with van der Waals surface area (Å²) < 4.78 is 23.1. The third-order valence-electron chi connectivity index (χ3n) is 3.27. The van der Waals surface area contributed by atoms with Crippen LogP contribution < -0.4 is 5.32 Å². The fourth-order valence-corrected chi connectivity index (χ4v) is 3.86. The molecule has 0 aliphatic carbocycles. The van der Waals surface area contributed by atoms with Crippen molar-refractivity contribution in [2.45, 2.75) is 32.7 Å². The fourth-order valence-electron chi connectivity index (χ4n) is 2.04. The van der Waals surface area contributed by atoms with Crippen LogP contribution in [0.3, 0.4) is 0 Å². The summed E-state index contributed by atoms with van der Waals surface area (Å²) in [6.45, 7) is 3.77. The highest BCUT2D eigenvalue weighted by Crippen LogP contribution is 2.23. The molecule has 2 rings (SSSR count). The van der Waals surface area contributed by atoms with Gasteiger partial charge in [-0.05, 0) is 37.8 Å². The van der Waals surface area contributed by atoms with Crippen LogP contribution in [-0.2, 0) is 9.84 Å². The van der Waals surface area contributed by atoms with Crippen LogP contribution in [0.5, 0.6) is 0 Å². The van der Waals surface area contributed by atoms with Crippen LogP contribution in [0.1, 0.15) is 24.0 Å². The molecule has 1 aliphatic heterocycles. The number of rotatable bonds is 2. The molecule has 1 fully saturated rings. The van der Waals surface area contributed by atoms with Crippen molar-refractivity contribution in [3.8, 4) is 0 Å². The second kappa shape index (κ2) is 5.01. The number of hydrogen-bond donors (Lipinski definition) is 1. The lowest BCUT2D eigenvalue weighted by atomic mass is 10.1. The Morgan fingerprint density at radius 2 is 2.00 bits per heavy atom. The molecule has 100 valence electrons. The molecule has 0 aromatic carbocycles. The molecule has 1 aliphatic rings. The SMILES string of the molecule is Cc1c(Cl)nnc(NC2CCCS(=O)(=O)C2)c1C. The molecular weight excluding hydrogens is 274 g/mol. The first-order chi connectivity index (χ1) is 8.39. The minimum Gasteiger partial charge on any atom is -0.365 e. The lowest BCUT2D eigenvalue weighted by Crippen LogP contribution is -2.35. The van der Waals surface area contributed by atoms with Gasteiger partial charge < -0.3 is 5.32 Å². The van der Waals surface area contributed by atoms with E-state index in [9.17, 15) is 8.42 Å². The first-order valence-electron chi connectivity index (χ1n) is 5.85. The molecular formula is C11H16ClN3O2S. The summed E-state index contributed by atoms with van der Waals surface area (Å²) in [6, 6.07) is -0.0858. The topological polar surface area (TPSA) is 72.0 Å². The molecule has 0 saturated carbocycles. The number of nitrogens with one attached hydrogen (secondary N) is 1. The first kappa shape index (κ1) is 13.5. The number of aromatic nitrogens is 2. The van der Waals surface area contributed by atoms with E-state index in [2.05, 4.69) is 15.5 Å². The molecule has 5 nitrogen and oxygen atoms in total. The molecule has 2 heterocycles. The van der Waals surface area contributed by atoms with Crippen LogP contribution >= 0.6 is 11.6 Å². The highest BCUT2D eigenvalue weighted by Gasteiger charge is 2.25. The van der Waals surface area contributed by atoms with Crippen LogP contribution in [0.25, 0.3) is 0 Å². The highest BCUT2D eigenvalue weighted by molar-refractivity contribution is 7.91. The van der Waals surface area contributed by atoms with Gasteiger partial charge in [-0.15, -0.1) is 10.2 Å². The average molecular weight is 290 g/mol. The van der Waals surface area contributed by atoms with E-state index >= 15 is 0 Å². The van der Waals surface area contributed by atoms with Gasteiger partial charge in [0.25, 0.3) is 0 Å². The summed E-state index contributed by atoms with van der Waals surface area (Å²) in [5, 5.41) is 11.4. The van der Waals surface area contributed by atoms with Crippen molar-refractivity contribution in [1.82, 2.24) is 10.2 Å². The van der Waals surface area contributed by atoms with Gasteiger partial charge in [0, 0.05) is 6.04 Å². The van der Waals surface area contributed by atoms with Crippen LogP contribution in [0.4, 0.5) is 5.82 Å². The lowest BCUT2D eigenvalue weighted by molar-refractivity contribution is 0.561. The summed E-state index contributed by atoms with van der Waals surface area (Å²) in [4.78, 5) is 0. The standard InChI is InChI=1S/C11H16ClN3O2S/c1-7-8(2)11(15-14-10(7)12)13-9-4-3-5-18(16,17)6-9/h9H,3-6H2,1-2H3,(H,13,15). The van der Waals surface area contributed by atoms with Gasteiger partial charge in [0.1, 0.15) is 0 Å². The monoisotopic (exact) mass is 289 g/mol.